The van der Waals surface area contributed by atoms with E-state index in [1.54, 1.807) is 12.1 Å². The molecule has 3 nitrogen and oxygen atoms in total. The van der Waals surface area contributed by atoms with Gasteiger partial charge >= 0.3 is 0 Å². The highest BCUT2D eigenvalue weighted by molar-refractivity contribution is 9.11. The van der Waals surface area contributed by atoms with Crippen molar-refractivity contribution in [2.75, 3.05) is 0 Å². The fourth-order valence-electron chi connectivity index (χ4n) is 3.03. The third kappa shape index (κ3) is 5.54. The monoisotopic (exact) mass is 521 g/mol. The second-order valence-corrected chi connectivity index (χ2v) is 10.1. The summed E-state index contributed by atoms with van der Waals surface area (Å²) in [5, 5.41) is 0. The van der Waals surface area contributed by atoms with Crippen LogP contribution in [0.25, 0.3) is 0 Å². The van der Waals surface area contributed by atoms with E-state index in [0.29, 0.717) is 12.8 Å². The highest BCUT2D eigenvalue weighted by Gasteiger charge is 2.22. The Morgan fingerprint density at radius 3 is 2.04 bits per heavy atom. The quantitative estimate of drug-likeness (QED) is 0.435. The average Bonchev–Trinajstić information content (AvgIpc) is 2.65. The van der Waals surface area contributed by atoms with E-state index < -0.39 is 10.0 Å². The van der Waals surface area contributed by atoms with Gasteiger partial charge in [0.15, 0.2) is 0 Å². The summed E-state index contributed by atoms with van der Waals surface area (Å²) in [6, 6.07) is 22.4. The van der Waals surface area contributed by atoms with Crippen molar-refractivity contribution < 1.29 is 8.42 Å². The Hall–Kier alpha value is -1.47. The van der Waals surface area contributed by atoms with E-state index in [-0.39, 0.29) is 10.9 Å². The maximum absolute atomic E-state index is 13.0. The molecule has 0 amide bonds. The highest BCUT2D eigenvalue weighted by atomic mass is 79.9. The zero-order valence-electron chi connectivity index (χ0n) is 15.4. The van der Waals surface area contributed by atoms with E-state index in [9.17, 15) is 8.42 Å². The number of benzene rings is 3. The van der Waals surface area contributed by atoms with E-state index in [1.807, 2.05) is 67.6 Å². The number of hydrogen-bond acceptors (Lipinski definition) is 2. The first-order chi connectivity index (χ1) is 13.3. The SMILES string of the molecule is Cc1ccc(S(=O)(=O)N[C@@H](Cc2ccccc2)Cc2c(Br)cccc2Br)cc1. The molecule has 0 aliphatic rings. The van der Waals surface area contributed by atoms with Gasteiger partial charge in [0.1, 0.15) is 0 Å². The van der Waals surface area contributed by atoms with Gasteiger partial charge in [0.25, 0.3) is 0 Å². The summed E-state index contributed by atoms with van der Waals surface area (Å²) < 4.78 is 30.8. The molecule has 3 aromatic carbocycles. The predicted molar refractivity (Wildman–Crippen MR) is 121 cm³/mol. The van der Waals surface area contributed by atoms with Crippen molar-refractivity contribution in [3.63, 3.8) is 0 Å². The van der Waals surface area contributed by atoms with Gasteiger partial charge in [-0.3, -0.25) is 0 Å². The van der Waals surface area contributed by atoms with Gasteiger partial charge in [0.2, 0.25) is 10.0 Å². The van der Waals surface area contributed by atoms with Gasteiger partial charge in [-0.25, -0.2) is 13.1 Å². The molecule has 1 N–H and O–H groups in total. The van der Waals surface area contributed by atoms with Gasteiger partial charge < -0.3 is 0 Å². The maximum atomic E-state index is 13.0. The largest absolute Gasteiger partial charge is 0.240 e. The minimum Gasteiger partial charge on any atom is -0.207 e. The fourth-order valence-corrected chi connectivity index (χ4v) is 5.59. The van der Waals surface area contributed by atoms with E-state index in [1.165, 1.54) is 0 Å². The Labute approximate surface area is 183 Å². The van der Waals surface area contributed by atoms with Crippen molar-refractivity contribution in [2.24, 2.45) is 0 Å². The molecule has 0 aliphatic heterocycles. The molecule has 0 saturated heterocycles. The van der Waals surface area contributed by atoms with Crippen LogP contribution >= 0.6 is 31.9 Å². The zero-order chi connectivity index (χ0) is 20.1. The standard InChI is InChI=1S/C22H21Br2NO2S/c1-16-10-12-19(13-11-16)28(26,27)25-18(14-17-6-3-2-4-7-17)15-20-21(23)8-5-9-22(20)24/h2-13,18,25H,14-15H2,1H3/t18-/m0/s1. The molecule has 0 heterocycles. The van der Waals surface area contributed by atoms with Crippen LogP contribution in [0, 0.1) is 6.92 Å². The first-order valence-electron chi connectivity index (χ1n) is 8.91. The first kappa shape index (κ1) is 21.2. The number of aryl methyl sites for hydroxylation is 1. The van der Waals surface area contributed by atoms with Crippen LogP contribution < -0.4 is 4.72 Å². The van der Waals surface area contributed by atoms with E-state index in [2.05, 4.69) is 36.6 Å². The number of rotatable bonds is 7. The molecule has 0 aliphatic carbocycles. The minimum absolute atomic E-state index is 0.280. The third-order valence-electron chi connectivity index (χ3n) is 4.49. The van der Waals surface area contributed by atoms with Crippen molar-refractivity contribution in [1.82, 2.24) is 4.72 Å². The van der Waals surface area contributed by atoms with Gasteiger partial charge in [0, 0.05) is 15.0 Å². The van der Waals surface area contributed by atoms with Crippen LogP contribution in [0.2, 0.25) is 0 Å². The second kappa shape index (κ2) is 9.35. The van der Waals surface area contributed by atoms with E-state index in [0.717, 1.165) is 25.6 Å². The lowest BCUT2D eigenvalue weighted by Gasteiger charge is -2.21. The number of hydrogen-bond donors (Lipinski definition) is 1. The Morgan fingerprint density at radius 2 is 1.43 bits per heavy atom. The lowest BCUT2D eigenvalue weighted by atomic mass is 10.00. The lowest BCUT2D eigenvalue weighted by molar-refractivity contribution is 0.542. The fraction of sp³-hybridized carbons (Fsp3) is 0.182. The van der Waals surface area contributed by atoms with Crippen LogP contribution in [-0.2, 0) is 22.9 Å². The molecule has 146 valence electrons. The zero-order valence-corrected chi connectivity index (χ0v) is 19.4. The molecule has 3 aromatic rings. The minimum atomic E-state index is -3.62. The molecular weight excluding hydrogens is 502 g/mol. The summed E-state index contributed by atoms with van der Waals surface area (Å²) in [7, 11) is -3.62. The molecule has 0 aromatic heterocycles. The molecule has 0 saturated carbocycles. The Morgan fingerprint density at radius 1 is 0.821 bits per heavy atom. The topological polar surface area (TPSA) is 46.2 Å². The Bertz CT molecular complexity index is 1020. The summed E-state index contributed by atoms with van der Waals surface area (Å²) in [5.41, 5.74) is 3.15. The van der Waals surface area contributed by atoms with Crippen LogP contribution in [-0.4, -0.2) is 14.5 Å². The molecule has 0 unspecified atom stereocenters. The normalized spacial score (nSPS) is 12.7. The van der Waals surface area contributed by atoms with Gasteiger partial charge in [-0.15, -0.1) is 0 Å². The van der Waals surface area contributed by atoms with Gasteiger partial charge in [-0.1, -0.05) is 86.0 Å². The molecule has 0 fully saturated rings. The van der Waals surface area contributed by atoms with Crippen LogP contribution in [0.4, 0.5) is 0 Å². The van der Waals surface area contributed by atoms with Crippen molar-refractivity contribution >= 4 is 41.9 Å². The first-order valence-corrected chi connectivity index (χ1v) is 12.0. The number of sulfonamides is 1. The smallest absolute Gasteiger partial charge is 0.207 e. The van der Waals surface area contributed by atoms with Crippen LogP contribution in [0.5, 0.6) is 0 Å². The van der Waals surface area contributed by atoms with Crippen molar-refractivity contribution in [2.45, 2.75) is 30.7 Å². The second-order valence-electron chi connectivity index (χ2n) is 6.73. The maximum Gasteiger partial charge on any atom is 0.240 e. The molecule has 28 heavy (non-hydrogen) atoms. The van der Waals surface area contributed by atoms with E-state index in [4.69, 9.17) is 0 Å². The predicted octanol–water partition coefficient (Wildman–Crippen LogP) is 5.65. The summed E-state index contributed by atoms with van der Waals surface area (Å²) in [5.74, 6) is 0. The highest BCUT2D eigenvalue weighted by Crippen LogP contribution is 2.27. The molecule has 0 spiro atoms. The molecule has 3 rings (SSSR count). The molecule has 1 atom stereocenters. The average molecular weight is 523 g/mol. The van der Waals surface area contributed by atoms with Crippen LogP contribution in [0.15, 0.2) is 86.6 Å². The van der Waals surface area contributed by atoms with Gasteiger partial charge in [0.05, 0.1) is 4.90 Å². The van der Waals surface area contributed by atoms with Crippen molar-refractivity contribution in [3.8, 4) is 0 Å². The summed E-state index contributed by atoms with van der Waals surface area (Å²) in [6.45, 7) is 1.94. The number of halogens is 2. The summed E-state index contributed by atoms with van der Waals surface area (Å²) in [4.78, 5) is 0.280. The number of nitrogens with one attached hydrogen (secondary N) is 1. The lowest BCUT2D eigenvalue weighted by Crippen LogP contribution is -2.38. The molecular formula is C22H21Br2NO2S. The third-order valence-corrected chi connectivity index (χ3v) is 7.51. The van der Waals surface area contributed by atoms with Crippen molar-refractivity contribution in [3.05, 3.63) is 98.4 Å². The summed E-state index contributed by atoms with van der Waals surface area (Å²) in [6.07, 6.45) is 1.15. The van der Waals surface area contributed by atoms with Crippen molar-refractivity contribution in [1.29, 1.82) is 0 Å². The molecule has 0 bridgehead atoms. The summed E-state index contributed by atoms with van der Waals surface area (Å²) >= 11 is 7.17. The van der Waals surface area contributed by atoms with Crippen LogP contribution in [0.3, 0.4) is 0 Å². The molecule has 6 heteroatoms. The van der Waals surface area contributed by atoms with Crippen LogP contribution in [0.1, 0.15) is 16.7 Å². The Balaban J connectivity index is 1.90. The van der Waals surface area contributed by atoms with Gasteiger partial charge in [-0.05, 0) is 55.2 Å². The van der Waals surface area contributed by atoms with Gasteiger partial charge in [-0.2, -0.15) is 0 Å². The molecule has 0 radical (unpaired) electrons. The Kier molecular flexibility index (Phi) is 7.10. The van der Waals surface area contributed by atoms with E-state index >= 15 is 0 Å².